The Hall–Kier alpha value is -1.80. The maximum Gasteiger partial charge on any atom is 0.318 e. The number of carbonyl (C=O) groups is 1. The van der Waals surface area contributed by atoms with Gasteiger partial charge in [0, 0.05) is 0 Å². The van der Waals surface area contributed by atoms with Crippen molar-refractivity contribution in [2.45, 2.75) is 12.3 Å². The van der Waals surface area contributed by atoms with Gasteiger partial charge in [-0.1, -0.05) is 60.7 Å². The molecule has 2 nitrogen and oxygen atoms in total. The zero-order chi connectivity index (χ0) is 12.3. The first-order valence-corrected chi connectivity index (χ1v) is 5.50. The van der Waals surface area contributed by atoms with Gasteiger partial charge in [-0.15, -0.1) is 12.4 Å². The van der Waals surface area contributed by atoms with Crippen molar-refractivity contribution in [2.75, 3.05) is 0 Å². The number of halogens is 1. The molecule has 2 aromatic rings. The number of benzene rings is 2. The zero-order valence-corrected chi connectivity index (χ0v) is 10.9. The average molecular weight is 263 g/mol. The Labute approximate surface area is 113 Å². The van der Waals surface area contributed by atoms with E-state index in [9.17, 15) is 9.90 Å². The van der Waals surface area contributed by atoms with Crippen molar-refractivity contribution in [2.24, 2.45) is 0 Å². The van der Waals surface area contributed by atoms with Crippen molar-refractivity contribution in [3.05, 3.63) is 71.8 Å². The van der Waals surface area contributed by atoms with Gasteiger partial charge in [-0.25, -0.2) is 0 Å². The zero-order valence-electron chi connectivity index (χ0n) is 10.0. The lowest BCUT2D eigenvalue weighted by Gasteiger charge is -2.25. The van der Waals surface area contributed by atoms with Crippen LogP contribution in [0.5, 0.6) is 0 Å². The van der Waals surface area contributed by atoms with Crippen LogP contribution < -0.4 is 0 Å². The fourth-order valence-electron chi connectivity index (χ4n) is 1.96. The Bertz CT molecular complexity index is 469. The third-order valence-corrected chi connectivity index (χ3v) is 3.13. The lowest BCUT2D eigenvalue weighted by atomic mass is 9.76. The van der Waals surface area contributed by atoms with Crippen LogP contribution in [-0.4, -0.2) is 11.1 Å². The van der Waals surface area contributed by atoms with E-state index in [0.717, 1.165) is 11.1 Å². The average Bonchev–Trinajstić information content (AvgIpc) is 2.39. The van der Waals surface area contributed by atoms with Gasteiger partial charge >= 0.3 is 5.97 Å². The third-order valence-electron chi connectivity index (χ3n) is 3.13. The van der Waals surface area contributed by atoms with Crippen LogP contribution in [0.15, 0.2) is 60.7 Å². The summed E-state index contributed by atoms with van der Waals surface area (Å²) < 4.78 is 0. The SMILES string of the molecule is CC(C(=O)O)(c1ccccc1)c1ccccc1.Cl. The van der Waals surface area contributed by atoms with E-state index in [-0.39, 0.29) is 12.4 Å². The van der Waals surface area contributed by atoms with Gasteiger partial charge in [0.05, 0.1) is 0 Å². The van der Waals surface area contributed by atoms with Crippen LogP contribution in [0.2, 0.25) is 0 Å². The van der Waals surface area contributed by atoms with E-state index in [4.69, 9.17) is 0 Å². The van der Waals surface area contributed by atoms with Crippen molar-refractivity contribution < 1.29 is 9.90 Å². The summed E-state index contributed by atoms with van der Waals surface area (Å²) in [6.45, 7) is 1.74. The molecule has 2 aromatic carbocycles. The highest BCUT2D eigenvalue weighted by atomic mass is 35.5. The standard InChI is InChI=1S/C15H14O2.ClH/c1-15(14(16)17,12-8-4-2-5-9-12)13-10-6-3-7-11-13;/h2-11H,1H3,(H,16,17);1H. The van der Waals surface area contributed by atoms with Gasteiger partial charge in [0.1, 0.15) is 5.41 Å². The summed E-state index contributed by atoms with van der Waals surface area (Å²) in [4.78, 5) is 11.6. The predicted molar refractivity (Wildman–Crippen MR) is 74.2 cm³/mol. The molecule has 0 aliphatic rings. The molecule has 18 heavy (non-hydrogen) atoms. The molecule has 2 rings (SSSR count). The molecule has 0 radical (unpaired) electrons. The molecule has 0 fully saturated rings. The van der Waals surface area contributed by atoms with Gasteiger partial charge in [-0.3, -0.25) is 4.79 Å². The minimum absolute atomic E-state index is 0. The van der Waals surface area contributed by atoms with Crippen molar-refractivity contribution in [3.8, 4) is 0 Å². The normalized spacial score (nSPS) is 10.5. The van der Waals surface area contributed by atoms with Crippen LogP contribution in [0.1, 0.15) is 18.1 Å². The van der Waals surface area contributed by atoms with Crippen molar-refractivity contribution in [1.82, 2.24) is 0 Å². The molecular formula is C15H15ClO2. The third kappa shape index (κ3) is 2.39. The van der Waals surface area contributed by atoms with Gasteiger partial charge < -0.3 is 5.11 Å². The fourth-order valence-corrected chi connectivity index (χ4v) is 1.96. The summed E-state index contributed by atoms with van der Waals surface area (Å²) in [7, 11) is 0. The van der Waals surface area contributed by atoms with E-state index in [2.05, 4.69) is 0 Å². The van der Waals surface area contributed by atoms with Gasteiger partial charge in [0.2, 0.25) is 0 Å². The second kappa shape index (κ2) is 5.69. The molecule has 0 saturated heterocycles. The van der Waals surface area contributed by atoms with Crippen LogP contribution in [0.25, 0.3) is 0 Å². The Kier molecular flexibility index (Phi) is 4.51. The van der Waals surface area contributed by atoms with E-state index in [0.29, 0.717) is 0 Å². The van der Waals surface area contributed by atoms with E-state index >= 15 is 0 Å². The molecule has 0 amide bonds. The number of hydrogen-bond donors (Lipinski definition) is 1. The molecular weight excluding hydrogens is 248 g/mol. The summed E-state index contributed by atoms with van der Waals surface area (Å²) in [6.07, 6.45) is 0. The minimum Gasteiger partial charge on any atom is -0.480 e. The maximum absolute atomic E-state index is 11.6. The highest BCUT2D eigenvalue weighted by Gasteiger charge is 2.36. The summed E-state index contributed by atoms with van der Waals surface area (Å²) in [5.74, 6) is -0.838. The predicted octanol–water partition coefficient (Wildman–Crippen LogP) is 3.50. The lowest BCUT2D eigenvalue weighted by Crippen LogP contribution is -2.33. The Balaban J connectivity index is 0.00000162. The van der Waals surface area contributed by atoms with Crippen LogP contribution in [0.3, 0.4) is 0 Å². The minimum atomic E-state index is -0.998. The summed E-state index contributed by atoms with van der Waals surface area (Å²) in [5.41, 5.74) is 0.583. The van der Waals surface area contributed by atoms with E-state index in [1.54, 1.807) is 6.92 Å². The topological polar surface area (TPSA) is 37.3 Å². The summed E-state index contributed by atoms with van der Waals surface area (Å²) in [6, 6.07) is 18.6. The number of rotatable bonds is 3. The molecule has 1 N–H and O–H groups in total. The Morgan fingerprint density at radius 2 is 1.22 bits per heavy atom. The Morgan fingerprint density at radius 1 is 0.889 bits per heavy atom. The highest BCUT2D eigenvalue weighted by Crippen LogP contribution is 2.31. The molecule has 3 heteroatoms. The van der Waals surface area contributed by atoms with Crippen molar-refractivity contribution in [1.29, 1.82) is 0 Å². The summed E-state index contributed by atoms with van der Waals surface area (Å²) >= 11 is 0. The van der Waals surface area contributed by atoms with Crippen LogP contribution in [0, 0.1) is 0 Å². The van der Waals surface area contributed by atoms with Gasteiger partial charge in [-0.2, -0.15) is 0 Å². The summed E-state index contributed by atoms with van der Waals surface area (Å²) in [5, 5.41) is 9.54. The lowest BCUT2D eigenvalue weighted by molar-refractivity contribution is -0.141. The van der Waals surface area contributed by atoms with Crippen LogP contribution in [-0.2, 0) is 10.2 Å². The van der Waals surface area contributed by atoms with Gasteiger partial charge in [-0.05, 0) is 18.1 Å². The molecule has 0 bridgehead atoms. The molecule has 0 saturated carbocycles. The monoisotopic (exact) mass is 262 g/mol. The molecule has 0 heterocycles. The van der Waals surface area contributed by atoms with Gasteiger partial charge in [0.25, 0.3) is 0 Å². The quantitative estimate of drug-likeness (QED) is 0.919. The molecule has 0 atom stereocenters. The fraction of sp³-hybridized carbons (Fsp3) is 0.133. The molecule has 0 aromatic heterocycles. The number of hydrogen-bond acceptors (Lipinski definition) is 1. The van der Waals surface area contributed by atoms with Gasteiger partial charge in [0.15, 0.2) is 0 Å². The van der Waals surface area contributed by atoms with E-state index in [1.807, 2.05) is 60.7 Å². The first-order chi connectivity index (χ1) is 8.15. The molecule has 0 unspecified atom stereocenters. The first kappa shape index (κ1) is 14.3. The second-order valence-electron chi connectivity index (χ2n) is 4.16. The Morgan fingerprint density at radius 3 is 1.50 bits per heavy atom. The molecule has 0 spiro atoms. The van der Waals surface area contributed by atoms with Crippen molar-refractivity contribution >= 4 is 18.4 Å². The number of carboxylic acids is 1. The smallest absolute Gasteiger partial charge is 0.318 e. The number of aliphatic carboxylic acids is 1. The van der Waals surface area contributed by atoms with Crippen molar-refractivity contribution in [3.63, 3.8) is 0 Å². The maximum atomic E-state index is 11.6. The van der Waals surface area contributed by atoms with E-state index < -0.39 is 11.4 Å². The van der Waals surface area contributed by atoms with Crippen LogP contribution >= 0.6 is 12.4 Å². The number of carboxylic acid groups (broad SMARTS) is 1. The first-order valence-electron chi connectivity index (χ1n) is 5.50. The molecule has 94 valence electrons. The molecule has 0 aliphatic carbocycles. The van der Waals surface area contributed by atoms with E-state index in [1.165, 1.54) is 0 Å². The largest absolute Gasteiger partial charge is 0.480 e. The molecule has 0 aliphatic heterocycles. The highest BCUT2D eigenvalue weighted by molar-refractivity contribution is 5.85. The van der Waals surface area contributed by atoms with Crippen LogP contribution in [0.4, 0.5) is 0 Å². The second-order valence-corrected chi connectivity index (χ2v) is 4.16.